The van der Waals surface area contributed by atoms with Gasteiger partial charge in [-0.2, -0.15) is 0 Å². The number of Topliss-reactive ketones (excluding diaryl/α,β-unsaturated/α-hetero) is 1. The quantitative estimate of drug-likeness (QED) is 0.263. The molecule has 0 bridgehead atoms. The highest BCUT2D eigenvalue weighted by Gasteiger charge is 2.28. The third-order valence-corrected chi connectivity index (χ3v) is 3.01. The number of aliphatic hydroxyl groups is 5. The van der Waals surface area contributed by atoms with Crippen LogP contribution in [0.15, 0.2) is 30.3 Å². The summed E-state index contributed by atoms with van der Waals surface area (Å²) in [5.74, 6) is -1.96. The summed E-state index contributed by atoms with van der Waals surface area (Å²) < 4.78 is 0. The number of carbonyl (C=O) groups excluding carboxylic acids is 1. The smallest absolute Gasteiger partial charge is 0.320 e. The van der Waals surface area contributed by atoms with Crippen molar-refractivity contribution in [3.05, 3.63) is 35.9 Å². The SMILES string of the molecule is N[C@@H](Cc1ccccc1)C(=O)O.O=C(CO)[C@@H](O)[C@H](O)[C@H](O)CO. The molecule has 1 aromatic carbocycles. The van der Waals surface area contributed by atoms with E-state index in [-0.39, 0.29) is 0 Å². The van der Waals surface area contributed by atoms with Crippen LogP contribution in [0.3, 0.4) is 0 Å². The minimum atomic E-state index is -1.86. The maximum Gasteiger partial charge on any atom is 0.320 e. The fourth-order valence-electron chi connectivity index (χ4n) is 1.56. The van der Waals surface area contributed by atoms with Crippen molar-refractivity contribution in [2.75, 3.05) is 13.2 Å². The lowest BCUT2D eigenvalue weighted by molar-refractivity contribution is -0.142. The van der Waals surface area contributed by atoms with Crippen LogP contribution in [0.25, 0.3) is 0 Å². The highest BCUT2D eigenvalue weighted by Crippen LogP contribution is 2.01. The second-order valence-corrected chi connectivity index (χ2v) is 4.94. The van der Waals surface area contributed by atoms with Gasteiger partial charge in [0.05, 0.1) is 6.61 Å². The van der Waals surface area contributed by atoms with Gasteiger partial charge in [0.15, 0.2) is 5.78 Å². The monoisotopic (exact) mass is 345 g/mol. The van der Waals surface area contributed by atoms with Crippen molar-refractivity contribution in [3.63, 3.8) is 0 Å². The molecule has 0 aromatic heterocycles. The highest BCUT2D eigenvalue weighted by molar-refractivity contribution is 5.84. The van der Waals surface area contributed by atoms with Crippen molar-refractivity contribution in [2.24, 2.45) is 5.73 Å². The molecule has 0 radical (unpaired) electrons. The van der Waals surface area contributed by atoms with E-state index in [1.165, 1.54) is 0 Å². The molecule has 0 fully saturated rings. The topological polar surface area (TPSA) is 182 Å². The summed E-state index contributed by atoms with van der Waals surface area (Å²) in [7, 11) is 0. The van der Waals surface area contributed by atoms with Crippen LogP contribution < -0.4 is 5.73 Å². The number of carbonyl (C=O) groups is 2. The zero-order valence-corrected chi connectivity index (χ0v) is 12.9. The van der Waals surface area contributed by atoms with E-state index in [1.54, 1.807) is 0 Å². The third kappa shape index (κ3) is 8.11. The lowest BCUT2D eigenvalue weighted by atomic mass is 10.1. The lowest BCUT2D eigenvalue weighted by Gasteiger charge is -2.19. The van der Waals surface area contributed by atoms with Crippen LogP contribution in [0.2, 0.25) is 0 Å². The molecule has 4 atom stereocenters. The first-order valence-corrected chi connectivity index (χ1v) is 7.05. The second-order valence-electron chi connectivity index (χ2n) is 4.94. The Labute approximate surface area is 138 Å². The Morgan fingerprint density at radius 2 is 1.58 bits per heavy atom. The number of aliphatic hydroxyl groups excluding tert-OH is 5. The Balaban J connectivity index is 0.000000441. The lowest BCUT2D eigenvalue weighted by Crippen LogP contribution is -2.44. The molecule has 1 rings (SSSR count). The number of carboxylic acid groups (broad SMARTS) is 1. The van der Waals surface area contributed by atoms with Crippen LogP contribution in [0.4, 0.5) is 0 Å². The van der Waals surface area contributed by atoms with E-state index in [0.29, 0.717) is 6.42 Å². The summed E-state index contributed by atoms with van der Waals surface area (Å²) in [5.41, 5.74) is 6.30. The molecule has 0 spiro atoms. The van der Waals surface area contributed by atoms with E-state index >= 15 is 0 Å². The number of hydrogen-bond donors (Lipinski definition) is 7. The Hall–Kier alpha value is -1.88. The van der Waals surface area contributed by atoms with E-state index in [9.17, 15) is 9.59 Å². The standard InChI is InChI=1S/C9H11NO2.C6H12O6/c10-8(9(11)12)6-7-4-2-1-3-5-7;7-1-3(9)5(11)6(12)4(10)2-8/h1-5,8H,6,10H2,(H,11,12);3,5-9,11-12H,1-2H2/t8-;3-,5-,6-/m01/s1. The largest absolute Gasteiger partial charge is 0.480 e. The molecule has 0 aliphatic heterocycles. The van der Waals surface area contributed by atoms with Crippen LogP contribution in [0.1, 0.15) is 5.56 Å². The Morgan fingerprint density at radius 1 is 1.04 bits per heavy atom. The van der Waals surface area contributed by atoms with Crippen LogP contribution in [-0.4, -0.2) is 80.0 Å². The van der Waals surface area contributed by atoms with Crippen LogP contribution >= 0.6 is 0 Å². The maximum absolute atomic E-state index is 10.5. The number of benzene rings is 1. The number of hydrogen-bond acceptors (Lipinski definition) is 8. The number of aliphatic carboxylic acids is 1. The normalized spacial score (nSPS) is 15.4. The minimum Gasteiger partial charge on any atom is -0.480 e. The summed E-state index contributed by atoms with van der Waals surface area (Å²) in [6.45, 7) is -1.69. The molecule has 0 unspecified atom stereocenters. The minimum absolute atomic E-state index is 0.385. The van der Waals surface area contributed by atoms with Gasteiger partial charge in [-0.05, 0) is 12.0 Å². The zero-order chi connectivity index (χ0) is 18.7. The van der Waals surface area contributed by atoms with Crippen molar-refractivity contribution in [2.45, 2.75) is 30.8 Å². The average molecular weight is 345 g/mol. The van der Waals surface area contributed by atoms with Gasteiger partial charge in [-0.15, -0.1) is 0 Å². The van der Waals surface area contributed by atoms with E-state index in [0.717, 1.165) is 5.56 Å². The van der Waals surface area contributed by atoms with Gasteiger partial charge in [0.2, 0.25) is 0 Å². The molecular formula is C15H23NO8. The number of rotatable bonds is 8. The molecule has 0 saturated carbocycles. The molecule has 0 heterocycles. The zero-order valence-electron chi connectivity index (χ0n) is 12.9. The molecule has 1 aromatic rings. The molecule has 9 heteroatoms. The van der Waals surface area contributed by atoms with Crippen LogP contribution in [0.5, 0.6) is 0 Å². The van der Waals surface area contributed by atoms with Gasteiger partial charge in [-0.1, -0.05) is 30.3 Å². The number of ketones is 1. The first-order chi connectivity index (χ1) is 11.2. The van der Waals surface area contributed by atoms with Crippen molar-refractivity contribution < 1.29 is 40.2 Å². The van der Waals surface area contributed by atoms with Gasteiger partial charge in [0, 0.05) is 0 Å². The summed E-state index contributed by atoms with van der Waals surface area (Å²) in [6.07, 6.45) is -4.84. The fourth-order valence-corrected chi connectivity index (χ4v) is 1.56. The molecule has 24 heavy (non-hydrogen) atoms. The van der Waals surface area contributed by atoms with Gasteiger partial charge >= 0.3 is 5.97 Å². The van der Waals surface area contributed by atoms with Gasteiger partial charge in [0.25, 0.3) is 0 Å². The summed E-state index contributed by atoms with van der Waals surface area (Å²) in [5, 5.41) is 51.6. The molecule has 9 nitrogen and oxygen atoms in total. The average Bonchev–Trinajstić information content (AvgIpc) is 2.60. The van der Waals surface area contributed by atoms with Crippen molar-refractivity contribution in [1.82, 2.24) is 0 Å². The summed E-state index contributed by atoms with van der Waals surface area (Å²) in [6, 6.07) is 8.54. The van der Waals surface area contributed by atoms with Gasteiger partial charge < -0.3 is 36.4 Å². The molecule has 136 valence electrons. The molecule has 0 aliphatic rings. The summed E-state index contributed by atoms with van der Waals surface area (Å²) in [4.78, 5) is 20.9. The molecule has 8 N–H and O–H groups in total. The van der Waals surface area contributed by atoms with E-state index in [2.05, 4.69) is 0 Å². The first kappa shape index (κ1) is 22.1. The van der Waals surface area contributed by atoms with E-state index in [1.807, 2.05) is 30.3 Å². The van der Waals surface area contributed by atoms with Gasteiger partial charge in [-0.3, -0.25) is 9.59 Å². The van der Waals surface area contributed by atoms with Gasteiger partial charge in [0.1, 0.15) is 31.0 Å². The number of carboxylic acids is 1. The van der Waals surface area contributed by atoms with E-state index in [4.69, 9.17) is 36.4 Å². The highest BCUT2D eigenvalue weighted by atomic mass is 16.4. The molecule has 0 aliphatic carbocycles. The predicted molar refractivity (Wildman–Crippen MR) is 83.0 cm³/mol. The Morgan fingerprint density at radius 3 is 2.00 bits per heavy atom. The fraction of sp³-hybridized carbons (Fsp3) is 0.467. The molecule has 0 saturated heterocycles. The second kappa shape index (κ2) is 11.6. The van der Waals surface area contributed by atoms with Crippen molar-refractivity contribution >= 4 is 11.8 Å². The Kier molecular flexibility index (Phi) is 10.7. The van der Waals surface area contributed by atoms with Crippen molar-refractivity contribution in [1.29, 1.82) is 0 Å². The maximum atomic E-state index is 10.5. The number of nitrogens with two attached hydrogens (primary N) is 1. The van der Waals surface area contributed by atoms with Crippen LogP contribution in [-0.2, 0) is 16.0 Å². The van der Waals surface area contributed by atoms with Crippen LogP contribution in [0, 0.1) is 0 Å². The predicted octanol–water partition coefficient (Wildman–Crippen LogP) is -2.74. The van der Waals surface area contributed by atoms with Crippen molar-refractivity contribution in [3.8, 4) is 0 Å². The first-order valence-electron chi connectivity index (χ1n) is 7.05. The third-order valence-electron chi connectivity index (χ3n) is 3.01. The van der Waals surface area contributed by atoms with Gasteiger partial charge in [-0.25, -0.2) is 0 Å². The van der Waals surface area contributed by atoms with E-state index < -0.39 is 49.3 Å². The molecular weight excluding hydrogens is 322 g/mol. The molecule has 0 amide bonds. The Bertz CT molecular complexity index is 496. The summed E-state index contributed by atoms with van der Waals surface area (Å²) >= 11 is 0.